The van der Waals surface area contributed by atoms with Gasteiger partial charge in [0.2, 0.25) is 0 Å². The van der Waals surface area contributed by atoms with E-state index >= 15 is 0 Å². The molecule has 0 N–H and O–H groups in total. The van der Waals surface area contributed by atoms with Crippen molar-refractivity contribution in [3.05, 3.63) is 54.1 Å². The highest BCUT2D eigenvalue weighted by molar-refractivity contribution is 5.94. The molecule has 0 aliphatic carbocycles. The Morgan fingerprint density at radius 2 is 1.43 bits per heavy atom. The number of hydrogen-bond donors (Lipinski definition) is 0. The van der Waals surface area contributed by atoms with Crippen molar-refractivity contribution in [2.45, 2.75) is 6.92 Å². The normalized spacial score (nSPS) is 14.6. The van der Waals surface area contributed by atoms with Gasteiger partial charge in [0.15, 0.2) is 0 Å². The van der Waals surface area contributed by atoms with Gasteiger partial charge in [-0.3, -0.25) is 9.69 Å². The number of methoxy groups -OCH3 is 1. The van der Waals surface area contributed by atoms with E-state index in [0.717, 1.165) is 50.0 Å². The summed E-state index contributed by atoms with van der Waals surface area (Å²) in [6.07, 6.45) is 0. The molecule has 0 bridgehead atoms. The molecule has 1 aliphatic rings. The van der Waals surface area contributed by atoms with Crippen molar-refractivity contribution in [2.75, 3.05) is 53.0 Å². The Morgan fingerprint density at radius 1 is 0.857 bits per heavy atom. The highest BCUT2D eigenvalue weighted by Gasteiger charge is 2.22. The molecule has 0 spiro atoms. The zero-order valence-electron chi connectivity index (χ0n) is 16.6. The van der Waals surface area contributed by atoms with E-state index in [1.54, 1.807) is 7.11 Å². The number of nitrogens with zero attached hydrogens (tertiary/aromatic N) is 2. The van der Waals surface area contributed by atoms with Gasteiger partial charge in [0, 0.05) is 38.3 Å². The Balaban J connectivity index is 1.39. The number of carbonyl (C=O) groups is 1. The molecule has 3 rings (SSSR count). The van der Waals surface area contributed by atoms with Crippen LogP contribution in [0.25, 0.3) is 0 Å². The van der Waals surface area contributed by atoms with Gasteiger partial charge in [0.1, 0.15) is 23.9 Å². The molecule has 6 nitrogen and oxygen atoms in total. The molecule has 6 heteroatoms. The highest BCUT2D eigenvalue weighted by atomic mass is 16.5. The molecule has 150 valence electrons. The molecule has 2 aromatic carbocycles. The minimum Gasteiger partial charge on any atom is -0.497 e. The standard InChI is InChI=1S/C22H28N2O4/c1-3-27-20-8-10-21(11-9-20)28-17-16-23-12-14-24(15-13-23)22(25)18-4-6-19(26-2)7-5-18/h4-11H,3,12-17H2,1-2H3. The molecule has 0 unspecified atom stereocenters. The zero-order chi connectivity index (χ0) is 19.8. The van der Waals surface area contributed by atoms with Gasteiger partial charge < -0.3 is 19.1 Å². The predicted octanol–water partition coefficient (Wildman–Crippen LogP) is 2.93. The summed E-state index contributed by atoms with van der Waals surface area (Å²) in [5.41, 5.74) is 0.702. The van der Waals surface area contributed by atoms with Crippen molar-refractivity contribution in [2.24, 2.45) is 0 Å². The van der Waals surface area contributed by atoms with Crippen LogP contribution in [0.5, 0.6) is 17.2 Å². The van der Waals surface area contributed by atoms with Crippen LogP contribution in [0.15, 0.2) is 48.5 Å². The van der Waals surface area contributed by atoms with Crippen LogP contribution >= 0.6 is 0 Å². The number of piperazine rings is 1. The first-order valence-corrected chi connectivity index (χ1v) is 9.71. The van der Waals surface area contributed by atoms with Crippen molar-refractivity contribution in [3.63, 3.8) is 0 Å². The van der Waals surface area contributed by atoms with Gasteiger partial charge in [-0.2, -0.15) is 0 Å². The van der Waals surface area contributed by atoms with E-state index in [0.29, 0.717) is 18.8 Å². The van der Waals surface area contributed by atoms with E-state index in [1.807, 2.05) is 60.4 Å². The van der Waals surface area contributed by atoms with Crippen molar-refractivity contribution in [3.8, 4) is 17.2 Å². The van der Waals surface area contributed by atoms with E-state index in [-0.39, 0.29) is 5.91 Å². The van der Waals surface area contributed by atoms with Crippen LogP contribution < -0.4 is 14.2 Å². The smallest absolute Gasteiger partial charge is 0.253 e. The van der Waals surface area contributed by atoms with Crippen LogP contribution in [0.2, 0.25) is 0 Å². The average molecular weight is 384 g/mol. The van der Waals surface area contributed by atoms with Gasteiger partial charge in [-0.05, 0) is 55.5 Å². The summed E-state index contributed by atoms with van der Waals surface area (Å²) in [5.74, 6) is 2.53. The summed E-state index contributed by atoms with van der Waals surface area (Å²) in [5, 5.41) is 0. The maximum atomic E-state index is 12.6. The van der Waals surface area contributed by atoms with Gasteiger partial charge in [-0.1, -0.05) is 0 Å². The van der Waals surface area contributed by atoms with Crippen molar-refractivity contribution in [1.29, 1.82) is 0 Å². The fourth-order valence-electron chi connectivity index (χ4n) is 3.18. The number of hydrogen-bond acceptors (Lipinski definition) is 5. The molecule has 28 heavy (non-hydrogen) atoms. The lowest BCUT2D eigenvalue weighted by Gasteiger charge is -2.34. The van der Waals surface area contributed by atoms with Crippen molar-refractivity contribution >= 4 is 5.91 Å². The SMILES string of the molecule is CCOc1ccc(OCCN2CCN(C(=O)c3ccc(OC)cc3)CC2)cc1. The van der Waals surface area contributed by atoms with Crippen LogP contribution in [0.1, 0.15) is 17.3 Å². The van der Waals surface area contributed by atoms with Gasteiger partial charge in [-0.15, -0.1) is 0 Å². The Labute approximate surface area is 166 Å². The van der Waals surface area contributed by atoms with Crippen molar-refractivity contribution < 1.29 is 19.0 Å². The highest BCUT2D eigenvalue weighted by Crippen LogP contribution is 2.18. The third-order valence-electron chi connectivity index (χ3n) is 4.81. The van der Waals surface area contributed by atoms with Gasteiger partial charge >= 0.3 is 0 Å². The Kier molecular flexibility index (Phi) is 7.14. The average Bonchev–Trinajstić information content (AvgIpc) is 2.75. The second-order valence-corrected chi connectivity index (χ2v) is 6.62. The van der Waals surface area contributed by atoms with Crippen LogP contribution in [-0.2, 0) is 0 Å². The fourth-order valence-corrected chi connectivity index (χ4v) is 3.18. The number of carbonyl (C=O) groups excluding carboxylic acids is 1. The molecule has 1 aliphatic heterocycles. The topological polar surface area (TPSA) is 51.2 Å². The third kappa shape index (κ3) is 5.39. The quantitative estimate of drug-likeness (QED) is 0.700. The second kappa shape index (κ2) is 9.99. The summed E-state index contributed by atoms with van der Waals surface area (Å²) in [6.45, 7) is 7.27. The van der Waals surface area contributed by atoms with Gasteiger partial charge in [-0.25, -0.2) is 0 Å². The van der Waals surface area contributed by atoms with Crippen LogP contribution in [0, 0.1) is 0 Å². The van der Waals surface area contributed by atoms with E-state index in [1.165, 1.54) is 0 Å². The molecule has 0 saturated carbocycles. The van der Waals surface area contributed by atoms with Crippen LogP contribution in [0.4, 0.5) is 0 Å². The second-order valence-electron chi connectivity index (χ2n) is 6.62. The summed E-state index contributed by atoms with van der Waals surface area (Å²) in [7, 11) is 1.62. The first kappa shape index (κ1) is 20.0. The molecular formula is C22H28N2O4. The van der Waals surface area contributed by atoms with E-state index in [9.17, 15) is 4.79 Å². The summed E-state index contributed by atoms with van der Waals surface area (Å²) < 4.78 is 16.4. The predicted molar refractivity (Wildman–Crippen MR) is 108 cm³/mol. The largest absolute Gasteiger partial charge is 0.497 e. The van der Waals surface area contributed by atoms with E-state index in [2.05, 4.69) is 4.90 Å². The van der Waals surface area contributed by atoms with Gasteiger partial charge in [0.25, 0.3) is 5.91 Å². The van der Waals surface area contributed by atoms with E-state index in [4.69, 9.17) is 14.2 Å². The molecule has 1 heterocycles. The first-order valence-electron chi connectivity index (χ1n) is 9.71. The molecule has 1 fully saturated rings. The third-order valence-corrected chi connectivity index (χ3v) is 4.81. The van der Waals surface area contributed by atoms with Crippen molar-refractivity contribution in [1.82, 2.24) is 9.80 Å². The monoisotopic (exact) mass is 384 g/mol. The number of rotatable bonds is 8. The molecule has 1 saturated heterocycles. The summed E-state index contributed by atoms with van der Waals surface area (Å²) >= 11 is 0. The molecular weight excluding hydrogens is 356 g/mol. The van der Waals surface area contributed by atoms with Gasteiger partial charge in [0.05, 0.1) is 13.7 Å². The number of benzene rings is 2. The lowest BCUT2D eigenvalue weighted by Crippen LogP contribution is -2.49. The lowest BCUT2D eigenvalue weighted by molar-refractivity contribution is 0.0620. The maximum Gasteiger partial charge on any atom is 0.253 e. The molecule has 2 aromatic rings. The first-order chi connectivity index (χ1) is 13.7. The Hall–Kier alpha value is -2.73. The number of amides is 1. The Bertz CT molecular complexity index is 738. The number of ether oxygens (including phenoxy) is 3. The molecule has 1 amide bonds. The van der Waals surface area contributed by atoms with Crippen LogP contribution in [-0.4, -0.2) is 68.8 Å². The zero-order valence-corrected chi connectivity index (χ0v) is 16.6. The summed E-state index contributed by atoms with van der Waals surface area (Å²) in [4.78, 5) is 16.8. The molecule has 0 radical (unpaired) electrons. The molecule has 0 atom stereocenters. The minimum atomic E-state index is 0.0768. The summed E-state index contributed by atoms with van der Waals surface area (Å²) in [6, 6.07) is 15.0. The van der Waals surface area contributed by atoms with Crippen LogP contribution in [0.3, 0.4) is 0 Å². The van der Waals surface area contributed by atoms with E-state index < -0.39 is 0 Å². The maximum absolute atomic E-state index is 12.6. The fraction of sp³-hybridized carbons (Fsp3) is 0.409. The Morgan fingerprint density at radius 3 is 2.00 bits per heavy atom. The molecule has 0 aromatic heterocycles. The lowest BCUT2D eigenvalue weighted by atomic mass is 10.1. The minimum absolute atomic E-state index is 0.0768.